The molecule has 64 valence electrons. The molecule has 0 saturated carbocycles. The predicted octanol–water partition coefficient (Wildman–Crippen LogP) is -1.87. The molecule has 12 heavy (non-hydrogen) atoms. The van der Waals surface area contributed by atoms with Gasteiger partial charge in [0.15, 0.2) is 5.97 Å². The summed E-state index contributed by atoms with van der Waals surface area (Å²) in [5, 5.41) is 0. The van der Waals surface area contributed by atoms with Crippen LogP contribution in [0.3, 0.4) is 0 Å². The van der Waals surface area contributed by atoms with Crippen LogP contribution in [-0.2, 0) is 14.3 Å². The van der Waals surface area contributed by atoms with Crippen LogP contribution in [0.1, 0.15) is 27.2 Å². The number of hydrogen-bond donors (Lipinski definition) is 0. The third-order valence-electron chi connectivity index (χ3n) is 1.30. The fourth-order valence-corrected chi connectivity index (χ4v) is 0.755. The molecule has 0 saturated heterocycles. The monoisotopic (exact) mass is 180 g/mol. The molecule has 0 aliphatic heterocycles. The summed E-state index contributed by atoms with van der Waals surface area (Å²) in [6.45, 7) is 5.16. The first-order valence-corrected chi connectivity index (χ1v) is 3.67. The van der Waals surface area contributed by atoms with Gasteiger partial charge in [-0.15, -0.1) is 0 Å². The van der Waals surface area contributed by atoms with Crippen molar-refractivity contribution in [1.29, 1.82) is 0 Å². The van der Waals surface area contributed by atoms with E-state index in [0.29, 0.717) is 13.0 Å². The van der Waals surface area contributed by atoms with Gasteiger partial charge >= 0.3 is 29.6 Å². The molecular weight excluding hydrogens is 167 g/mol. The van der Waals surface area contributed by atoms with Crippen LogP contribution in [0.4, 0.5) is 0 Å². The minimum atomic E-state index is -0.484. The molecule has 0 aromatic heterocycles. The normalized spacial score (nSPS) is 8.25. The van der Waals surface area contributed by atoms with Crippen molar-refractivity contribution in [2.24, 2.45) is 0 Å². The van der Waals surface area contributed by atoms with Gasteiger partial charge in [-0.1, -0.05) is 6.92 Å². The summed E-state index contributed by atoms with van der Waals surface area (Å²) in [5.74, 6) is -0.444. The second-order valence-electron chi connectivity index (χ2n) is 2.11. The van der Waals surface area contributed by atoms with Crippen molar-refractivity contribution >= 4 is 11.8 Å². The van der Waals surface area contributed by atoms with Crippen LogP contribution in [0.25, 0.3) is 0 Å². The van der Waals surface area contributed by atoms with E-state index >= 15 is 0 Å². The molecular formula is C8H13NaO3. The van der Waals surface area contributed by atoms with E-state index in [0.717, 1.165) is 0 Å². The zero-order valence-corrected chi connectivity index (χ0v) is 10.1. The summed E-state index contributed by atoms with van der Waals surface area (Å²) in [6, 6.07) is 0. The summed E-state index contributed by atoms with van der Waals surface area (Å²) in [5.41, 5.74) is 0. The zero-order chi connectivity index (χ0) is 8.85. The van der Waals surface area contributed by atoms with Crippen LogP contribution in [0.5, 0.6) is 0 Å². The maximum atomic E-state index is 10.9. The van der Waals surface area contributed by atoms with Crippen molar-refractivity contribution in [3.63, 3.8) is 0 Å². The van der Waals surface area contributed by atoms with Gasteiger partial charge in [0, 0.05) is 5.78 Å². The summed E-state index contributed by atoms with van der Waals surface area (Å²) < 4.78 is 4.66. The minimum absolute atomic E-state index is 0. The first kappa shape index (κ1) is 14.5. The quantitative estimate of drug-likeness (QED) is 0.220. The Hall–Kier alpha value is 0.0100. The van der Waals surface area contributed by atoms with E-state index in [2.05, 4.69) is 4.74 Å². The van der Waals surface area contributed by atoms with Gasteiger partial charge < -0.3 is 9.53 Å². The third kappa shape index (κ3) is 4.80. The number of ether oxygens (including phenoxy) is 1. The van der Waals surface area contributed by atoms with Crippen LogP contribution in [0.2, 0.25) is 0 Å². The number of ketones is 1. The molecule has 0 aliphatic rings. The average Bonchev–Trinajstić information content (AvgIpc) is 1.88. The van der Waals surface area contributed by atoms with Crippen molar-refractivity contribution in [3.05, 3.63) is 5.92 Å². The topological polar surface area (TPSA) is 43.4 Å². The number of carbonyl (C=O) groups is 2. The van der Waals surface area contributed by atoms with E-state index in [4.69, 9.17) is 0 Å². The van der Waals surface area contributed by atoms with E-state index in [1.54, 1.807) is 13.8 Å². The maximum absolute atomic E-state index is 10.9. The number of rotatable bonds is 4. The molecule has 0 amide bonds. The minimum Gasteiger partial charge on any atom is -0.488 e. The summed E-state index contributed by atoms with van der Waals surface area (Å²) >= 11 is 0. The molecule has 0 spiro atoms. The van der Waals surface area contributed by atoms with E-state index in [1.165, 1.54) is 6.92 Å². The Labute approximate surface area is 95.1 Å². The Morgan fingerprint density at radius 2 is 1.83 bits per heavy atom. The van der Waals surface area contributed by atoms with Crippen LogP contribution < -0.4 is 29.6 Å². The van der Waals surface area contributed by atoms with Crippen LogP contribution in [-0.4, -0.2) is 18.4 Å². The third-order valence-corrected chi connectivity index (χ3v) is 1.30. The van der Waals surface area contributed by atoms with Crippen molar-refractivity contribution < 1.29 is 43.9 Å². The largest absolute Gasteiger partial charge is 1.00 e. The summed E-state index contributed by atoms with van der Waals surface area (Å²) in [6.07, 6.45) is 0.439. The van der Waals surface area contributed by atoms with E-state index in [9.17, 15) is 9.59 Å². The van der Waals surface area contributed by atoms with Crippen LogP contribution in [0.15, 0.2) is 0 Å². The fourth-order valence-electron chi connectivity index (χ4n) is 0.755. The van der Waals surface area contributed by atoms with Gasteiger partial charge in [-0.2, -0.15) is 6.42 Å². The Morgan fingerprint density at radius 1 is 1.33 bits per heavy atom. The number of hydrogen-bond acceptors (Lipinski definition) is 3. The first-order chi connectivity index (χ1) is 5.13. The van der Waals surface area contributed by atoms with Gasteiger partial charge in [-0.05, 0) is 13.8 Å². The molecule has 0 unspecified atom stereocenters. The van der Waals surface area contributed by atoms with Gasteiger partial charge in [-0.3, -0.25) is 4.79 Å². The summed E-state index contributed by atoms with van der Waals surface area (Å²) in [4.78, 5) is 21.7. The van der Waals surface area contributed by atoms with Gasteiger partial charge in [0.1, 0.15) is 0 Å². The second-order valence-corrected chi connectivity index (χ2v) is 2.11. The molecule has 0 atom stereocenters. The zero-order valence-electron chi connectivity index (χ0n) is 8.14. The number of Topliss-reactive ketones (excluding diaryl/α,β-unsaturated/α-hetero) is 1. The average molecular weight is 180 g/mol. The standard InChI is InChI=1S/C8H13O3.Na/c1-4-7(6(3)9)8(10)11-5-2;/h4-5H2,1-3H3;/q-1;+1. The summed E-state index contributed by atoms with van der Waals surface area (Å²) in [7, 11) is 0. The van der Waals surface area contributed by atoms with Gasteiger partial charge in [-0.25, -0.2) is 5.92 Å². The van der Waals surface area contributed by atoms with Crippen molar-refractivity contribution in [2.45, 2.75) is 27.2 Å². The van der Waals surface area contributed by atoms with E-state index in [-0.39, 0.29) is 41.3 Å². The molecule has 0 aromatic carbocycles. The molecule has 0 heterocycles. The molecule has 3 nitrogen and oxygen atoms in total. The smallest absolute Gasteiger partial charge is 0.488 e. The van der Waals surface area contributed by atoms with Gasteiger partial charge in [0.2, 0.25) is 0 Å². The van der Waals surface area contributed by atoms with E-state index in [1.807, 2.05) is 0 Å². The molecule has 0 rings (SSSR count). The maximum Gasteiger partial charge on any atom is 1.00 e. The van der Waals surface area contributed by atoms with Crippen molar-refractivity contribution in [1.82, 2.24) is 0 Å². The Kier molecular flexibility index (Phi) is 9.26. The van der Waals surface area contributed by atoms with Crippen LogP contribution >= 0.6 is 0 Å². The van der Waals surface area contributed by atoms with Crippen molar-refractivity contribution in [3.8, 4) is 0 Å². The fraction of sp³-hybridized carbons (Fsp3) is 0.625. The van der Waals surface area contributed by atoms with Gasteiger partial charge in [0.05, 0.1) is 6.61 Å². The molecule has 0 aromatic rings. The number of carbonyl (C=O) groups excluding carboxylic acids is 2. The Balaban J connectivity index is 0. The second kappa shape index (κ2) is 7.65. The number of esters is 1. The molecule has 0 bridgehead atoms. The van der Waals surface area contributed by atoms with Crippen molar-refractivity contribution in [2.75, 3.05) is 6.61 Å². The SMILES string of the molecule is CCOC(=O)[C-](CC)C(C)=O.[Na+]. The van der Waals surface area contributed by atoms with Crippen LogP contribution in [0, 0.1) is 5.92 Å². The molecule has 4 heteroatoms. The first-order valence-electron chi connectivity index (χ1n) is 3.67. The van der Waals surface area contributed by atoms with E-state index < -0.39 is 5.97 Å². The molecule has 0 N–H and O–H groups in total. The Morgan fingerprint density at radius 3 is 2.08 bits per heavy atom. The predicted molar refractivity (Wildman–Crippen MR) is 40.8 cm³/mol. The molecule has 0 radical (unpaired) electrons. The van der Waals surface area contributed by atoms with Gasteiger partial charge in [0.25, 0.3) is 0 Å². The molecule has 0 fully saturated rings. The molecule has 0 aliphatic carbocycles. The Bertz CT molecular complexity index is 156.